The molecule has 2 aromatic carbocycles. The number of aromatic nitrogens is 1. The van der Waals surface area contributed by atoms with E-state index in [1.807, 2.05) is 32.0 Å². The van der Waals surface area contributed by atoms with Gasteiger partial charge in [-0.05, 0) is 49.2 Å². The molecule has 2 heterocycles. The molecule has 0 N–H and O–H groups in total. The zero-order valence-corrected chi connectivity index (χ0v) is 13.3. The SMILES string of the molecule is Cc1ccc(-c2cc(=O)oc(-c3ccc4c(c3)OCO4)n2)cc1C. The van der Waals surface area contributed by atoms with Gasteiger partial charge in [0, 0.05) is 11.1 Å². The van der Waals surface area contributed by atoms with Crippen LogP contribution in [-0.2, 0) is 0 Å². The van der Waals surface area contributed by atoms with E-state index >= 15 is 0 Å². The summed E-state index contributed by atoms with van der Waals surface area (Å²) >= 11 is 0. The van der Waals surface area contributed by atoms with Crippen LogP contribution in [0.5, 0.6) is 11.5 Å². The molecule has 5 nitrogen and oxygen atoms in total. The first kappa shape index (κ1) is 14.5. The molecule has 0 unspecified atom stereocenters. The van der Waals surface area contributed by atoms with Gasteiger partial charge in [-0.25, -0.2) is 9.78 Å². The number of benzene rings is 2. The van der Waals surface area contributed by atoms with Crippen LogP contribution in [0.1, 0.15) is 11.1 Å². The molecular formula is C19H15NO4. The fourth-order valence-electron chi connectivity index (χ4n) is 2.60. The van der Waals surface area contributed by atoms with Crippen LogP contribution in [0, 0.1) is 13.8 Å². The number of nitrogens with zero attached hydrogens (tertiary/aromatic N) is 1. The predicted molar refractivity (Wildman–Crippen MR) is 89.2 cm³/mol. The number of aryl methyl sites for hydroxylation is 2. The summed E-state index contributed by atoms with van der Waals surface area (Å²) in [4.78, 5) is 16.5. The Hall–Kier alpha value is -3.08. The van der Waals surface area contributed by atoms with Gasteiger partial charge in [-0.1, -0.05) is 12.1 Å². The molecule has 1 aliphatic heterocycles. The summed E-state index contributed by atoms with van der Waals surface area (Å²) in [5.74, 6) is 1.55. The molecule has 0 amide bonds. The molecular weight excluding hydrogens is 306 g/mol. The summed E-state index contributed by atoms with van der Waals surface area (Å²) in [5.41, 5.74) is 4.04. The van der Waals surface area contributed by atoms with Crippen molar-refractivity contribution in [3.05, 3.63) is 64.0 Å². The fourth-order valence-corrected chi connectivity index (χ4v) is 2.60. The monoisotopic (exact) mass is 321 g/mol. The quantitative estimate of drug-likeness (QED) is 0.720. The first-order chi connectivity index (χ1) is 11.6. The molecule has 0 bridgehead atoms. The van der Waals surface area contributed by atoms with E-state index in [1.54, 1.807) is 18.2 Å². The molecule has 0 spiro atoms. The summed E-state index contributed by atoms with van der Waals surface area (Å²) in [6, 6.07) is 12.7. The molecule has 0 aliphatic carbocycles. The lowest BCUT2D eigenvalue weighted by Crippen LogP contribution is -2.02. The molecule has 0 fully saturated rings. The van der Waals surface area contributed by atoms with Crippen LogP contribution < -0.4 is 15.1 Å². The van der Waals surface area contributed by atoms with Crippen LogP contribution in [0.4, 0.5) is 0 Å². The third kappa shape index (κ3) is 2.54. The number of hydrogen-bond donors (Lipinski definition) is 0. The van der Waals surface area contributed by atoms with Gasteiger partial charge in [0.15, 0.2) is 11.5 Å². The first-order valence-electron chi connectivity index (χ1n) is 7.60. The largest absolute Gasteiger partial charge is 0.454 e. The minimum Gasteiger partial charge on any atom is -0.454 e. The van der Waals surface area contributed by atoms with E-state index in [9.17, 15) is 4.79 Å². The van der Waals surface area contributed by atoms with E-state index in [0.29, 0.717) is 22.8 Å². The van der Waals surface area contributed by atoms with Crippen LogP contribution in [-0.4, -0.2) is 11.8 Å². The Kier molecular flexibility index (Phi) is 3.34. The lowest BCUT2D eigenvalue weighted by atomic mass is 10.0. The highest BCUT2D eigenvalue weighted by molar-refractivity contribution is 5.65. The van der Waals surface area contributed by atoms with Gasteiger partial charge in [0.25, 0.3) is 0 Å². The Labute approximate surface area is 138 Å². The molecule has 0 atom stereocenters. The summed E-state index contributed by atoms with van der Waals surface area (Å²) < 4.78 is 15.9. The third-order valence-corrected chi connectivity index (χ3v) is 4.10. The van der Waals surface area contributed by atoms with E-state index in [0.717, 1.165) is 11.1 Å². The van der Waals surface area contributed by atoms with Crippen LogP contribution in [0.25, 0.3) is 22.7 Å². The average Bonchev–Trinajstić information content (AvgIpc) is 3.04. The zero-order chi connectivity index (χ0) is 16.7. The minimum atomic E-state index is -0.439. The Morgan fingerprint density at radius 1 is 0.875 bits per heavy atom. The van der Waals surface area contributed by atoms with Crippen LogP contribution >= 0.6 is 0 Å². The Morgan fingerprint density at radius 3 is 2.50 bits per heavy atom. The van der Waals surface area contributed by atoms with Crippen LogP contribution in [0.3, 0.4) is 0 Å². The molecule has 0 saturated heterocycles. The van der Waals surface area contributed by atoms with Crippen molar-refractivity contribution in [1.29, 1.82) is 0 Å². The van der Waals surface area contributed by atoms with Crippen molar-refractivity contribution in [1.82, 2.24) is 4.98 Å². The van der Waals surface area contributed by atoms with Gasteiger partial charge in [0.1, 0.15) is 0 Å². The molecule has 4 rings (SSSR count). The Bertz CT molecular complexity index is 991. The van der Waals surface area contributed by atoms with Gasteiger partial charge in [-0.15, -0.1) is 0 Å². The van der Waals surface area contributed by atoms with E-state index in [2.05, 4.69) is 4.98 Å². The molecule has 24 heavy (non-hydrogen) atoms. The van der Waals surface area contributed by atoms with Gasteiger partial charge < -0.3 is 13.9 Å². The third-order valence-electron chi connectivity index (χ3n) is 4.10. The van der Waals surface area contributed by atoms with Crippen molar-refractivity contribution in [2.45, 2.75) is 13.8 Å². The smallest absolute Gasteiger partial charge is 0.339 e. The van der Waals surface area contributed by atoms with Gasteiger partial charge in [-0.2, -0.15) is 0 Å². The fraction of sp³-hybridized carbons (Fsp3) is 0.158. The molecule has 5 heteroatoms. The molecule has 0 saturated carbocycles. The summed E-state index contributed by atoms with van der Waals surface area (Å²) in [5, 5.41) is 0. The van der Waals surface area contributed by atoms with Crippen molar-refractivity contribution in [2.75, 3.05) is 6.79 Å². The Morgan fingerprint density at radius 2 is 1.67 bits per heavy atom. The minimum absolute atomic E-state index is 0.193. The van der Waals surface area contributed by atoms with E-state index in [-0.39, 0.29) is 12.7 Å². The molecule has 3 aromatic rings. The lowest BCUT2D eigenvalue weighted by Gasteiger charge is -2.06. The summed E-state index contributed by atoms with van der Waals surface area (Å²) in [7, 11) is 0. The lowest BCUT2D eigenvalue weighted by molar-refractivity contribution is 0.174. The Balaban J connectivity index is 1.81. The van der Waals surface area contributed by atoms with Crippen LogP contribution in [0.15, 0.2) is 51.7 Å². The predicted octanol–water partition coefficient (Wildman–Crippen LogP) is 3.71. The normalized spacial score (nSPS) is 12.4. The summed E-state index contributed by atoms with van der Waals surface area (Å²) in [6.07, 6.45) is 0. The van der Waals surface area contributed by atoms with Gasteiger partial charge >= 0.3 is 5.63 Å². The second kappa shape index (κ2) is 5.53. The standard InChI is InChI=1S/C19H15NO4/c1-11-3-4-13(7-12(11)2)15-9-18(21)24-19(20-15)14-5-6-16-17(8-14)23-10-22-16/h3-9H,10H2,1-2H3. The van der Waals surface area contributed by atoms with Crippen molar-refractivity contribution in [3.8, 4) is 34.2 Å². The van der Waals surface area contributed by atoms with Gasteiger partial charge in [0.2, 0.25) is 12.7 Å². The molecule has 1 aromatic heterocycles. The first-order valence-corrected chi connectivity index (χ1v) is 7.60. The molecule has 1 aliphatic rings. The second-order valence-electron chi connectivity index (χ2n) is 5.73. The number of rotatable bonds is 2. The average molecular weight is 321 g/mol. The maximum absolute atomic E-state index is 12.0. The molecule has 120 valence electrons. The highest BCUT2D eigenvalue weighted by atomic mass is 16.7. The van der Waals surface area contributed by atoms with E-state index < -0.39 is 5.63 Å². The van der Waals surface area contributed by atoms with Crippen LogP contribution in [0.2, 0.25) is 0 Å². The summed E-state index contributed by atoms with van der Waals surface area (Å²) in [6.45, 7) is 4.27. The highest BCUT2D eigenvalue weighted by Gasteiger charge is 2.16. The maximum atomic E-state index is 12.0. The van der Waals surface area contributed by atoms with Crippen molar-refractivity contribution >= 4 is 0 Å². The topological polar surface area (TPSA) is 61.6 Å². The molecule has 0 radical (unpaired) electrons. The second-order valence-corrected chi connectivity index (χ2v) is 5.73. The number of fused-ring (bicyclic) bond motifs is 1. The highest BCUT2D eigenvalue weighted by Crippen LogP contribution is 2.35. The maximum Gasteiger partial charge on any atom is 0.339 e. The van der Waals surface area contributed by atoms with E-state index in [1.165, 1.54) is 11.6 Å². The number of hydrogen-bond acceptors (Lipinski definition) is 5. The van der Waals surface area contributed by atoms with Gasteiger partial charge in [-0.3, -0.25) is 0 Å². The van der Waals surface area contributed by atoms with Crippen molar-refractivity contribution in [2.24, 2.45) is 0 Å². The van der Waals surface area contributed by atoms with Gasteiger partial charge in [0.05, 0.1) is 11.8 Å². The zero-order valence-electron chi connectivity index (χ0n) is 13.3. The van der Waals surface area contributed by atoms with E-state index in [4.69, 9.17) is 13.9 Å². The van der Waals surface area contributed by atoms with Crippen molar-refractivity contribution in [3.63, 3.8) is 0 Å². The number of ether oxygens (including phenoxy) is 2. The van der Waals surface area contributed by atoms with Crippen molar-refractivity contribution < 1.29 is 13.9 Å².